The molecule has 58 valence electrons. The van der Waals surface area contributed by atoms with Crippen molar-refractivity contribution >= 4 is 17.4 Å². The van der Waals surface area contributed by atoms with Crippen LogP contribution in [0.15, 0.2) is 35.7 Å². The smallest absolute Gasteiger partial charge is 0.240 e. The Hall–Kier alpha value is -1.93. The zero-order valence-electron chi connectivity index (χ0n) is 6.14. The molecule has 0 fully saturated rings. The predicted octanol–water partition coefficient (Wildman–Crippen LogP) is 1.30. The lowest BCUT2D eigenvalue weighted by Crippen LogP contribution is -1.80. The van der Waals surface area contributed by atoms with Gasteiger partial charge in [-0.2, -0.15) is 4.99 Å². The average molecular weight is 159 g/mol. The van der Waals surface area contributed by atoms with E-state index in [1.807, 2.05) is 0 Å². The third-order valence-electron chi connectivity index (χ3n) is 1.55. The van der Waals surface area contributed by atoms with Gasteiger partial charge in [-0.1, -0.05) is 0 Å². The van der Waals surface area contributed by atoms with Gasteiger partial charge in [0, 0.05) is 18.6 Å². The van der Waals surface area contributed by atoms with Crippen LogP contribution in [0, 0.1) is 0 Å². The molecule has 0 aliphatic rings. The number of pyridine rings is 1. The summed E-state index contributed by atoms with van der Waals surface area (Å²) in [6.07, 6.45) is 6.67. The van der Waals surface area contributed by atoms with Crippen molar-refractivity contribution in [1.82, 2.24) is 9.38 Å². The lowest BCUT2D eigenvalue weighted by atomic mass is 10.4. The van der Waals surface area contributed by atoms with Crippen LogP contribution in [-0.2, 0) is 4.79 Å². The number of isocyanates is 1. The SMILES string of the molecule is O=C=Nc1ccc2nccn2c1. The summed E-state index contributed by atoms with van der Waals surface area (Å²) in [5.41, 5.74) is 1.41. The van der Waals surface area contributed by atoms with Crippen LogP contribution < -0.4 is 0 Å². The predicted molar refractivity (Wildman–Crippen MR) is 43.0 cm³/mol. The minimum absolute atomic E-state index is 0.579. The Morgan fingerprint density at radius 2 is 2.42 bits per heavy atom. The standard InChI is InChI=1S/C8H5N3O/c12-6-10-7-1-2-8-9-3-4-11(8)5-7/h1-5H. The Morgan fingerprint density at radius 3 is 3.25 bits per heavy atom. The highest BCUT2D eigenvalue weighted by atomic mass is 16.1. The van der Waals surface area contributed by atoms with E-state index in [0.29, 0.717) is 5.69 Å². The second-order valence-electron chi connectivity index (χ2n) is 2.28. The maximum atomic E-state index is 9.93. The zero-order chi connectivity index (χ0) is 8.39. The molecule has 0 radical (unpaired) electrons. The first-order valence-corrected chi connectivity index (χ1v) is 3.41. The molecule has 0 aromatic carbocycles. The summed E-state index contributed by atoms with van der Waals surface area (Å²) in [7, 11) is 0. The minimum Gasteiger partial charge on any atom is -0.305 e. The second-order valence-corrected chi connectivity index (χ2v) is 2.28. The summed E-state index contributed by atoms with van der Waals surface area (Å²) in [5, 5.41) is 0. The van der Waals surface area contributed by atoms with Crippen LogP contribution in [0.3, 0.4) is 0 Å². The fourth-order valence-corrected chi connectivity index (χ4v) is 1.03. The normalized spacial score (nSPS) is 9.67. The van der Waals surface area contributed by atoms with Crippen LogP contribution in [0.5, 0.6) is 0 Å². The first kappa shape index (κ1) is 6.76. The van der Waals surface area contributed by atoms with Gasteiger partial charge >= 0.3 is 0 Å². The van der Waals surface area contributed by atoms with Crippen molar-refractivity contribution < 1.29 is 4.79 Å². The van der Waals surface area contributed by atoms with Crippen molar-refractivity contribution in [1.29, 1.82) is 0 Å². The van der Waals surface area contributed by atoms with Gasteiger partial charge in [-0.25, -0.2) is 9.78 Å². The molecule has 2 aromatic rings. The van der Waals surface area contributed by atoms with Crippen molar-refractivity contribution in [2.75, 3.05) is 0 Å². The summed E-state index contributed by atoms with van der Waals surface area (Å²) in [6, 6.07) is 3.50. The number of hydrogen-bond donors (Lipinski definition) is 0. The van der Waals surface area contributed by atoms with Crippen LogP contribution in [0.1, 0.15) is 0 Å². The molecule has 0 spiro atoms. The molecular formula is C8H5N3O. The molecule has 0 aliphatic heterocycles. The van der Waals surface area contributed by atoms with Crippen molar-refractivity contribution in [3.05, 3.63) is 30.7 Å². The number of imidazole rings is 1. The van der Waals surface area contributed by atoms with Crippen LogP contribution in [-0.4, -0.2) is 15.5 Å². The van der Waals surface area contributed by atoms with Crippen molar-refractivity contribution in [3.8, 4) is 0 Å². The molecule has 0 bridgehead atoms. The molecule has 0 amide bonds. The fraction of sp³-hybridized carbons (Fsp3) is 0. The summed E-state index contributed by atoms with van der Waals surface area (Å²) < 4.78 is 1.79. The molecule has 2 aromatic heterocycles. The van der Waals surface area contributed by atoms with Gasteiger partial charge in [-0.05, 0) is 12.1 Å². The van der Waals surface area contributed by atoms with Gasteiger partial charge in [0.15, 0.2) is 0 Å². The lowest BCUT2D eigenvalue weighted by Gasteiger charge is -1.92. The number of aliphatic imine (C=N–C) groups is 1. The van der Waals surface area contributed by atoms with Crippen LogP contribution in [0.25, 0.3) is 5.65 Å². The Kier molecular flexibility index (Phi) is 1.47. The van der Waals surface area contributed by atoms with Gasteiger partial charge in [0.25, 0.3) is 0 Å². The Morgan fingerprint density at radius 1 is 1.50 bits per heavy atom. The number of rotatable bonds is 1. The van der Waals surface area contributed by atoms with E-state index in [2.05, 4.69) is 9.98 Å². The van der Waals surface area contributed by atoms with Gasteiger partial charge in [0.1, 0.15) is 5.65 Å². The molecule has 0 N–H and O–H groups in total. The quantitative estimate of drug-likeness (QED) is 0.465. The van der Waals surface area contributed by atoms with Crippen LogP contribution in [0.2, 0.25) is 0 Å². The van der Waals surface area contributed by atoms with Gasteiger partial charge in [-0.3, -0.25) is 0 Å². The third kappa shape index (κ3) is 1.00. The first-order valence-electron chi connectivity index (χ1n) is 3.41. The van der Waals surface area contributed by atoms with Crippen molar-refractivity contribution in [3.63, 3.8) is 0 Å². The number of hydrogen-bond acceptors (Lipinski definition) is 3. The maximum Gasteiger partial charge on any atom is 0.240 e. The van der Waals surface area contributed by atoms with Crippen LogP contribution in [0.4, 0.5) is 5.69 Å². The number of carbonyl (C=O) groups excluding carboxylic acids is 1. The number of fused-ring (bicyclic) bond motifs is 1. The van der Waals surface area contributed by atoms with E-state index < -0.39 is 0 Å². The van der Waals surface area contributed by atoms with Gasteiger partial charge in [0.05, 0.1) is 5.69 Å². The van der Waals surface area contributed by atoms with Gasteiger partial charge < -0.3 is 4.40 Å². The highest BCUT2D eigenvalue weighted by molar-refractivity contribution is 5.51. The molecule has 12 heavy (non-hydrogen) atoms. The van der Waals surface area contributed by atoms with E-state index in [9.17, 15) is 4.79 Å². The minimum atomic E-state index is 0.579. The van der Waals surface area contributed by atoms with Gasteiger partial charge in [-0.15, -0.1) is 0 Å². The van der Waals surface area contributed by atoms with E-state index in [1.54, 1.807) is 35.1 Å². The largest absolute Gasteiger partial charge is 0.305 e. The summed E-state index contributed by atoms with van der Waals surface area (Å²) >= 11 is 0. The summed E-state index contributed by atoms with van der Waals surface area (Å²) in [4.78, 5) is 17.5. The second kappa shape index (κ2) is 2.60. The van der Waals surface area contributed by atoms with E-state index in [0.717, 1.165) is 5.65 Å². The Bertz CT molecular complexity index is 454. The third-order valence-corrected chi connectivity index (χ3v) is 1.55. The molecular weight excluding hydrogens is 154 g/mol. The highest BCUT2D eigenvalue weighted by Gasteiger charge is 1.93. The molecule has 0 saturated heterocycles. The molecule has 2 rings (SSSR count). The molecule has 0 atom stereocenters. The van der Waals surface area contributed by atoms with E-state index >= 15 is 0 Å². The van der Waals surface area contributed by atoms with Gasteiger partial charge in [0.2, 0.25) is 6.08 Å². The van der Waals surface area contributed by atoms with E-state index in [1.165, 1.54) is 6.08 Å². The highest BCUT2D eigenvalue weighted by Crippen LogP contribution is 2.11. The molecule has 4 nitrogen and oxygen atoms in total. The lowest BCUT2D eigenvalue weighted by molar-refractivity contribution is 0.565. The molecule has 2 heterocycles. The molecule has 0 aliphatic carbocycles. The molecule has 0 unspecified atom stereocenters. The maximum absolute atomic E-state index is 9.93. The van der Waals surface area contributed by atoms with Crippen molar-refractivity contribution in [2.24, 2.45) is 4.99 Å². The Labute approximate surface area is 68.2 Å². The summed E-state index contributed by atoms with van der Waals surface area (Å²) in [5.74, 6) is 0. The number of nitrogens with zero attached hydrogens (tertiary/aromatic N) is 3. The fourth-order valence-electron chi connectivity index (χ4n) is 1.03. The average Bonchev–Trinajstić information content (AvgIpc) is 2.51. The monoisotopic (exact) mass is 159 g/mol. The molecule has 0 saturated carbocycles. The zero-order valence-corrected chi connectivity index (χ0v) is 6.14. The molecule has 4 heteroatoms. The van der Waals surface area contributed by atoms with E-state index in [-0.39, 0.29) is 0 Å². The summed E-state index contributed by atoms with van der Waals surface area (Å²) in [6.45, 7) is 0. The van der Waals surface area contributed by atoms with Crippen molar-refractivity contribution in [2.45, 2.75) is 0 Å². The van der Waals surface area contributed by atoms with Crippen LogP contribution >= 0.6 is 0 Å². The first-order chi connectivity index (χ1) is 5.90. The van der Waals surface area contributed by atoms with E-state index in [4.69, 9.17) is 0 Å². The number of aromatic nitrogens is 2. The topological polar surface area (TPSA) is 46.7 Å². The Balaban J connectivity index is 2.67.